The molecule has 4 nitrogen and oxygen atoms in total. The van der Waals surface area contributed by atoms with Crippen LogP contribution in [0.25, 0.3) is 0 Å². The van der Waals surface area contributed by atoms with Gasteiger partial charge in [0.25, 0.3) is 0 Å². The Balaban J connectivity index is 1.56. The molecule has 26 heavy (non-hydrogen) atoms. The summed E-state index contributed by atoms with van der Waals surface area (Å²) in [6, 6.07) is 10.5. The van der Waals surface area contributed by atoms with E-state index in [4.69, 9.17) is 0 Å². The summed E-state index contributed by atoms with van der Waals surface area (Å²) in [7, 11) is 0. The zero-order chi connectivity index (χ0) is 18.7. The van der Waals surface area contributed by atoms with Gasteiger partial charge in [0.15, 0.2) is 0 Å². The highest BCUT2D eigenvalue weighted by molar-refractivity contribution is 9.10. The fraction of sp³-hybridized carbons (Fsp3) is 0.263. The maximum Gasteiger partial charge on any atom is 0.229 e. The van der Waals surface area contributed by atoms with Gasteiger partial charge >= 0.3 is 0 Å². The van der Waals surface area contributed by atoms with Crippen LogP contribution < -0.4 is 5.32 Å². The van der Waals surface area contributed by atoms with Gasteiger partial charge in [-0.1, -0.05) is 28.1 Å². The highest BCUT2D eigenvalue weighted by Crippen LogP contribution is 2.23. The van der Waals surface area contributed by atoms with E-state index in [1.807, 2.05) is 0 Å². The van der Waals surface area contributed by atoms with Crippen molar-refractivity contribution in [1.82, 2.24) is 4.90 Å². The molecule has 1 saturated heterocycles. The highest BCUT2D eigenvalue weighted by Gasteiger charge is 2.34. The van der Waals surface area contributed by atoms with Crippen molar-refractivity contribution in [3.05, 3.63) is 64.1 Å². The summed E-state index contributed by atoms with van der Waals surface area (Å²) in [6.07, 6.45) is 0.690. The number of halogens is 3. The lowest BCUT2D eigenvalue weighted by atomic mass is 10.1. The monoisotopic (exact) mass is 422 g/mol. The van der Waals surface area contributed by atoms with E-state index >= 15 is 0 Å². The van der Waals surface area contributed by atoms with Gasteiger partial charge in [0.05, 0.1) is 11.6 Å². The number of hydrogen-bond acceptors (Lipinski definition) is 2. The van der Waals surface area contributed by atoms with Gasteiger partial charge in [0.2, 0.25) is 11.8 Å². The summed E-state index contributed by atoms with van der Waals surface area (Å²) in [5, 5.41) is 2.55. The number of anilines is 1. The third-order valence-corrected chi connectivity index (χ3v) is 4.85. The van der Waals surface area contributed by atoms with Gasteiger partial charge in [-0.15, -0.1) is 0 Å². The summed E-state index contributed by atoms with van der Waals surface area (Å²) in [5.74, 6) is -1.83. The molecule has 3 rings (SSSR count). The van der Waals surface area contributed by atoms with Gasteiger partial charge in [0, 0.05) is 24.0 Å². The molecule has 0 radical (unpaired) electrons. The van der Waals surface area contributed by atoms with Crippen LogP contribution in [0.15, 0.2) is 46.9 Å². The van der Waals surface area contributed by atoms with Crippen LogP contribution in [-0.2, 0) is 16.0 Å². The van der Waals surface area contributed by atoms with Gasteiger partial charge in [-0.25, -0.2) is 8.78 Å². The molecule has 2 amide bonds. The minimum atomic E-state index is -0.537. The van der Waals surface area contributed by atoms with Crippen LogP contribution in [0.5, 0.6) is 0 Å². The molecule has 0 unspecified atom stereocenters. The summed E-state index contributed by atoms with van der Waals surface area (Å²) < 4.78 is 27.3. The normalized spacial score (nSPS) is 16.8. The smallest absolute Gasteiger partial charge is 0.229 e. The van der Waals surface area contributed by atoms with E-state index in [2.05, 4.69) is 21.2 Å². The van der Waals surface area contributed by atoms with E-state index in [0.717, 1.165) is 5.56 Å². The average Bonchev–Trinajstić information content (AvgIpc) is 2.98. The van der Waals surface area contributed by atoms with E-state index < -0.39 is 11.7 Å². The molecule has 0 aliphatic carbocycles. The molecule has 1 fully saturated rings. The first-order valence-corrected chi connectivity index (χ1v) is 9.00. The Bertz CT molecular complexity index is 827. The average molecular weight is 423 g/mol. The van der Waals surface area contributed by atoms with Crippen molar-refractivity contribution in [2.45, 2.75) is 12.8 Å². The molecule has 2 aromatic carbocycles. The van der Waals surface area contributed by atoms with Crippen LogP contribution in [0.4, 0.5) is 14.5 Å². The molecule has 1 aliphatic heterocycles. The Hall–Kier alpha value is -2.28. The summed E-state index contributed by atoms with van der Waals surface area (Å²) in [4.78, 5) is 26.1. The Morgan fingerprint density at radius 3 is 2.62 bits per heavy atom. The molecule has 0 saturated carbocycles. The standard InChI is InChI=1S/C19H17BrF2N2O2/c20-14-3-6-17(16(22)10-14)23-19(26)13-9-18(25)24(11-13)8-7-12-1-4-15(21)5-2-12/h1-6,10,13H,7-9,11H2,(H,23,26)/t13-/m1/s1. The predicted octanol–water partition coefficient (Wildman–Crippen LogP) is 3.76. The minimum Gasteiger partial charge on any atom is -0.342 e. The van der Waals surface area contributed by atoms with Crippen LogP contribution in [0.2, 0.25) is 0 Å². The van der Waals surface area contributed by atoms with E-state index in [1.54, 1.807) is 23.1 Å². The largest absolute Gasteiger partial charge is 0.342 e. The van der Waals surface area contributed by atoms with Gasteiger partial charge in [0.1, 0.15) is 11.6 Å². The number of likely N-dealkylation sites (tertiary alicyclic amines) is 1. The topological polar surface area (TPSA) is 49.4 Å². The lowest BCUT2D eigenvalue weighted by molar-refractivity contribution is -0.128. The summed E-state index contributed by atoms with van der Waals surface area (Å²) in [6.45, 7) is 0.755. The number of benzene rings is 2. The second-order valence-corrected chi connectivity index (χ2v) is 7.15. The van der Waals surface area contributed by atoms with Gasteiger partial charge < -0.3 is 10.2 Å². The number of carbonyl (C=O) groups excluding carboxylic acids is 2. The SMILES string of the molecule is O=C(Nc1ccc(Br)cc1F)[C@@H]1CC(=O)N(CCc2ccc(F)cc2)C1. The summed E-state index contributed by atoms with van der Waals surface area (Å²) >= 11 is 3.16. The van der Waals surface area contributed by atoms with Crippen molar-refractivity contribution in [1.29, 1.82) is 0 Å². The van der Waals surface area contributed by atoms with E-state index in [0.29, 0.717) is 24.0 Å². The van der Waals surface area contributed by atoms with Crippen molar-refractivity contribution in [3.63, 3.8) is 0 Å². The first-order chi connectivity index (χ1) is 12.4. The van der Waals surface area contributed by atoms with Crippen molar-refractivity contribution >= 4 is 33.4 Å². The van der Waals surface area contributed by atoms with E-state index in [9.17, 15) is 18.4 Å². The van der Waals surface area contributed by atoms with E-state index in [1.165, 1.54) is 24.3 Å². The first-order valence-electron chi connectivity index (χ1n) is 8.20. The number of hydrogen-bond donors (Lipinski definition) is 1. The number of nitrogens with one attached hydrogen (secondary N) is 1. The number of nitrogens with zero attached hydrogens (tertiary/aromatic N) is 1. The number of amides is 2. The predicted molar refractivity (Wildman–Crippen MR) is 97.5 cm³/mol. The molecule has 7 heteroatoms. The fourth-order valence-electron chi connectivity index (χ4n) is 2.90. The third-order valence-electron chi connectivity index (χ3n) is 4.36. The fourth-order valence-corrected chi connectivity index (χ4v) is 3.24. The Kier molecular flexibility index (Phi) is 5.66. The van der Waals surface area contributed by atoms with Gasteiger partial charge in [-0.05, 0) is 42.3 Å². The van der Waals surface area contributed by atoms with Crippen molar-refractivity contribution < 1.29 is 18.4 Å². The van der Waals surface area contributed by atoms with Crippen molar-refractivity contribution in [2.75, 3.05) is 18.4 Å². The number of carbonyl (C=O) groups is 2. The minimum absolute atomic E-state index is 0.0930. The van der Waals surface area contributed by atoms with Crippen LogP contribution in [0.1, 0.15) is 12.0 Å². The maximum atomic E-state index is 13.8. The van der Waals surface area contributed by atoms with Crippen molar-refractivity contribution in [3.8, 4) is 0 Å². The molecular formula is C19H17BrF2N2O2. The highest BCUT2D eigenvalue weighted by atomic mass is 79.9. The van der Waals surface area contributed by atoms with Crippen LogP contribution in [0, 0.1) is 17.6 Å². The molecule has 1 N–H and O–H groups in total. The quantitative estimate of drug-likeness (QED) is 0.797. The number of rotatable bonds is 5. The van der Waals surface area contributed by atoms with Gasteiger partial charge in [-0.3, -0.25) is 9.59 Å². The summed E-state index contributed by atoms with van der Waals surface area (Å²) in [5.41, 5.74) is 1.01. The maximum absolute atomic E-state index is 13.8. The Morgan fingerprint density at radius 1 is 1.19 bits per heavy atom. The van der Waals surface area contributed by atoms with Crippen LogP contribution >= 0.6 is 15.9 Å². The molecule has 1 atom stereocenters. The lowest BCUT2D eigenvalue weighted by Gasteiger charge is -2.16. The molecule has 1 heterocycles. The molecular weight excluding hydrogens is 406 g/mol. The lowest BCUT2D eigenvalue weighted by Crippen LogP contribution is -2.30. The second-order valence-electron chi connectivity index (χ2n) is 6.23. The molecule has 136 valence electrons. The first kappa shape index (κ1) is 18.5. The zero-order valence-corrected chi connectivity index (χ0v) is 15.4. The molecule has 2 aromatic rings. The van der Waals surface area contributed by atoms with Gasteiger partial charge in [-0.2, -0.15) is 0 Å². The molecule has 0 spiro atoms. The Labute approximate surface area is 158 Å². The zero-order valence-electron chi connectivity index (χ0n) is 13.8. The second kappa shape index (κ2) is 7.95. The Morgan fingerprint density at radius 2 is 1.92 bits per heavy atom. The molecule has 0 aromatic heterocycles. The van der Waals surface area contributed by atoms with Crippen molar-refractivity contribution in [2.24, 2.45) is 5.92 Å². The van der Waals surface area contributed by atoms with E-state index in [-0.39, 0.29) is 29.7 Å². The molecule has 1 aliphatic rings. The van der Waals surface area contributed by atoms with Crippen LogP contribution in [-0.4, -0.2) is 29.8 Å². The molecule has 0 bridgehead atoms. The third kappa shape index (κ3) is 4.46. The van der Waals surface area contributed by atoms with Crippen LogP contribution in [0.3, 0.4) is 0 Å².